The maximum Gasteiger partial charge on any atom is 0.257 e. The first-order valence-corrected chi connectivity index (χ1v) is 9.38. The molecule has 0 N–H and O–H groups in total. The Kier molecular flexibility index (Phi) is 5.00. The van der Waals surface area contributed by atoms with Crippen molar-refractivity contribution in [2.75, 3.05) is 20.2 Å². The van der Waals surface area contributed by atoms with E-state index in [0.29, 0.717) is 41.8 Å². The Morgan fingerprint density at radius 3 is 2.72 bits per heavy atom. The van der Waals surface area contributed by atoms with Crippen molar-refractivity contribution in [3.05, 3.63) is 59.8 Å². The predicted octanol–water partition coefficient (Wildman–Crippen LogP) is 3.47. The van der Waals surface area contributed by atoms with Crippen molar-refractivity contribution in [2.45, 2.75) is 25.2 Å². The monoisotopic (exact) mass is 396 g/mol. The fourth-order valence-corrected chi connectivity index (χ4v) is 3.58. The number of amides is 1. The van der Waals surface area contributed by atoms with Crippen molar-refractivity contribution >= 4 is 5.91 Å². The van der Waals surface area contributed by atoms with Crippen LogP contribution in [0.1, 0.15) is 35.9 Å². The molecule has 0 bridgehead atoms. The van der Waals surface area contributed by atoms with Crippen LogP contribution in [-0.2, 0) is 5.41 Å². The molecule has 0 saturated carbocycles. The number of rotatable bonds is 4. The lowest BCUT2D eigenvalue weighted by atomic mass is 9.81. The highest BCUT2D eigenvalue weighted by Crippen LogP contribution is 2.33. The standard InChI is InChI=1S/C21H21FN4O3/c1-21(20-24-18(29-25-20)14-4-7-16(22)8-5-14)10-3-11-26(13-21)19(27)15-6-9-17(28-2)23-12-15/h4-9,12H,3,10-11,13H2,1-2H3. The van der Waals surface area contributed by atoms with Crippen LogP contribution < -0.4 is 4.74 Å². The van der Waals surface area contributed by atoms with E-state index in [-0.39, 0.29) is 11.7 Å². The lowest BCUT2D eigenvalue weighted by molar-refractivity contribution is 0.0641. The van der Waals surface area contributed by atoms with Crippen LogP contribution in [0.2, 0.25) is 0 Å². The van der Waals surface area contributed by atoms with E-state index in [1.807, 2.05) is 6.92 Å². The molecule has 1 aliphatic heterocycles. The fraction of sp³-hybridized carbons (Fsp3) is 0.333. The van der Waals surface area contributed by atoms with E-state index in [1.165, 1.54) is 25.4 Å². The van der Waals surface area contributed by atoms with Gasteiger partial charge < -0.3 is 14.2 Å². The van der Waals surface area contributed by atoms with Crippen LogP contribution in [0.15, 0.2) is 47.1 Å². The highest BCUT2D eigenvalue weighted by atomic mass is 19.1. The molecule has 7 nitrogen and oxygen atoms in total. The number of hydrogen-bond acceptors (Lipinski definition) is 6. The number of hydrogen-bond donors (Lipinski definition) is 0. The Bertz CT molecular complexity index is 1000. The van der Waals surface area contributed by atoms with Crippen LogP contribution in [0, 0.1) is 5.82 Å². The summed E-state index contributed by atoms with van der Waals surface area (Å²) in [6.45, 7) is 3.15. The summed E-state index contributed by atoms with van der Waals surface area (Å²) in [5.41, 5.74) is 0.729. The van der Waals surface area contributed by atoms with Gasteiger partial charge in [-0.1, -0.05) is 12.1 Å². The first-order valence-electron chi connectivity index (χ1n) is 9.38. The molecule has 2 aromatic heterocycles. The van der Waals surface area contributed by atoms with Crippen LogP contribution in [0.25, 0.3) is 11.5 Å². The Balaban J connectivity index is 1.53. The summed E-state index contributed by atoms with van der Waals surface area (Å²) in [6.07, 6.45) is 3.18. The lowest BCUT2D eigenvalue weighted by Crippen LogP contribution is -2.47. The number of likely N-dealkylation sites (tertiary alicyclic amines) is 1. The molecule has 1 atom stereocenters. The number of aromatic nitrogens is 3. The van der Waals surface area contributed by atoms with E-state index < -0.39 is 5.41 Å². The molecular weight excluding hydrogens is 375 g/mol. The summed E-state index contributed by atoms with van der Waals surface area (Å²) < 4.78 is 23.6. The molecule has 1 unspecified atom stereocenters. The second-order valence-electron chi connectivity index (χ2n) is 7.41. The summed E-state index contributed by atoms with van der Waals surface area (Å²) in [4.78, 5) is 23.4. The highest BCUT2D eigenvalue weighted by Gasteiger charge is 2.38. The van der Waals surface area contributed by atoms with E-state index >= 15 is 0 Å². The molecule has 4 rings (SSSR count). The zero-order valence-corrected chi connectivity index (χ0v) is 16.3. The van der Waals surface area contributed by atoms with Gasteiger partial charge in [0, 0.05) is 36.3 Å². The van der Waals surface area contributed by atoms with E-state index in [2.05, 4.69) is 15.1 Å². The molecule has 1 saturated heterocycles. The average Bonchev–Trinajstić information content (AvgIpc) is 3.25. The quantitative estimate of drug-likeness (QED) is 0.672. The van der Waals surface area contributed by atoms with Gasteiger partial charge in [0.2, 0.25) is 5.88 Å². The smallest absolute Gasteiger partial charge is 0.257 e. The fourth-order valence-electron chi connectivity index (χ4n) is 3.58. The summed E-state index contributed by atoms with van der Waals surface area (Å²) in [6, 6.07) is 9.28. The van der Waals surface area contributed by atoms with E-state index in [0.717, 1.165) is 12.8 Å². The van der Waals surface area contributed by atoms with Gasteiger partial charge in [-0.3, -0.25) is 4.79 Å². The average molecular weight is 396 g/mol. The van der Waals surface area contributed by atoms with Crippen molar-refractivity contribution in [2.24, 2.45) is 0 Å². The Morgan fingerprint density at radius 1 is 1.24 bits per heavy atom. The summed E-state index contributed by atoms with van der Waals surface area (Å²) in [5, 5.41) is 4.15. The minimum Gasteiger partial charge on any atom is -0.481 e. The molecule has 0 spiro atoms. The van der Waals surface area contributed by atoms with E-state index in [1.54, 1.807) is 29.2 Å². The van der Waals surface area contributed by atoms with Gasteiger partial charge in [-0.05, 0) is 43.2 Å². The Morgan fingerprint density at radius 2 is 2.03 bits per heavy atom. The summed E-state index contributed by atoms with van der Waals surface area (Å²) in [7, 11) is 1.53. The molecule has 150 valence electrons. The van der Waals surface area contributed by atoms with Gasteiger partial charge in [0.15, 0.2) is 5.82 Å². The van der Waals surface area contributed by atoms with E-state index in [9.17, 15) is 9.18 Å². The number of halogens is 1. The maximum absolute atomic E-state index is 13.1. The normalized spacial score (nSPS) is 19.2. The van der Waals surface area contributed by atoms with Crippen molar-refractivity contribution < 1.29 is 18.4 Å². The molecule has 3 heterocycles. The zero-order valence-electron chi connectivity index (χ0n) is 16.3. The number of methoxy groups -OCH3 is 1. The molecule has 1 amide bonds. The maximum atomic E-state index is 13.1. The number of benzene rings is 1. The number of carbonyl (C=O) groups is 1. The van der Waals surface area contributed by atoms with Crippen molar-refractivity contribution in [1.29, 1.82) is 0 Å². The minimum atomic E-state index is -0.435. The van der Waals surface area contributed by atoms with E-state index in [4.69, 9.17) is 9.26 Å². The molecule has 1 fully saturated rings. The Hall–Kier alpha value is -3.29. The van der Waals surface area contributed by atoms with Crippen molar-refractivity contribution in [1.82, 2.24) is 20.0 Å². The van der Waals surface area contributed by atoms with Crippen LogP contribution in [-0.4, -0.2) is 46.1 Å². The third-order valence-corrected chi connectivity index (χ3v) is 5.23. The SMILES string of the molecule is COc1ccc(C(=O)N2CCCC(C)(c3noc(-c4ccc(F)cc4)n3)C2)cn1. The molecule has 29 heavy (non-hydrogen) atoms. The number of carbonyl (C=O) groups excluding carboxylic acids is 1. The van der Waals surface area contributed by atoms with Gasteiger partial charge in [-0.15, -0.1) is 0 Å². The topological polar surface area (TPSA) is 81.4 Å². The second kappa shape index (κ2) is 7.62. The van der Waals surface area contributed by atoms with Gasteiger partial charge in [0.25, 0.3) is 11.8 Å². The van der Waals surface area contributed by atoms with Crippen LogP contribution >= 0.6 is 0 Å². The predicted molar refractivity (Wildman–Crippen MR) is 103 cm³/mol. The highest BCUT2D eigenvalue weighted by molar-refractivity contribution is 5.94. The van der Waals surface area contributed by atoms with Gasteiger partial charge in [0.1, 0.15) is 5.82 Å². The third-order valence-electron chi connectivity index (χ3n) is 5.23. The van der Waals surface area contributed by atoms with Crippen molar-refractivity contribution in [3.63, 3.8) is 0 Å². The van der Waals surface area contributed by atoms with Crippen LogP contribution in [0.5, 0.6) is 5.88 Å². The number of pyridine rings is 1. The molecular formula is C21H21FN4O3. The first kappa shape index (κ1) is 19.0. The van der Waals surface area contributed by atoms with Crippen LogP contribution in [0.4, 0.5) is 4.39 Å². The number of ether oxygens (including phenoxy) is 1. The third kappa shape index (κ3) is 3.83. The first-order chi connectivity index (χ1) is 14.0. The summed E-state index contributed by atoms with van der Waals surface area (Å²) >= 11 is 0. The van der Waals surface area contributed by atoms with Gasteiger partial charge in [0.05, 0.1) is 12.7 Å². The molecule has 0 radical (unpaired) electrons. The molecule has 8 heteroatoms. The van der Waals surface area contributed by atoms with Gasteiger partial charge in [-0.2, -0.15) is 4.98 Å². The molecule has 0 aliphatic carbocycles. The lowest BCUT2D eigenvalue weighted by Gasteiger charge is -2.38. The number of nitrogens with zero attached hydrogens (tertiary/aromatic N) is 4. The van der Waals surface area contributed by atoms with Crippen LogP contribution in [0.3, 0.4) is 0 Å². The largest absolute Gasteiger partial charge is 0.481 e. The van der Waals surface area contributed by atoms with Crippen molar-refractivity contribution in [3.8, 4) is 17.3 Å². The van der Waals surface area contributed by atoms with Gasteiger partial charge in [-0.25, -0.2) is 9.37 Å². The summed E-state index contributed by atoms with van der Waals surface area (Å²) in [5.74, 6) is 0.930. The molecule has 1 aliphatic rings. The zero-order chi connectivity index (χ0) is 20.4. The molecule has 3 aromatic rings. The minimum absolute atomic E-state index is 0.0895. The Labute approximate surface area is 167 Å². The second-order valence-corrected chi connectivity index (χ2v) is 7.41. The number of piperidine rings is 1. The van der Waals surface area contributed by atoms with Gasteiger partial charge >= 0.3 is 0 Å². The molecule has 1 aromatic carbocycles.